The Balaban J connectivity index is 2.11. The van der Waals surface area contributed by atoms with Gasteiger partial charge in [-0.15, -0.1) is 0 Å². The van der Waals surface area contributed by atoms with Crippen molar-refractivity contribution in [3.05, 3.63) is 17.5 Å². The Morgan fingerprint density at radius 1 is 1.71 bits per heavy atom. The molecule has 0 spiro atoms. The Bertz CT molecular complexity index is 407. The number of H-pyrrole nitrogens is 1. The topological polar surface area (TPSA) is 58.2 Å². The number of rotatable bonds is 2. The summed E-state index contributed by atoms with van der Waals surface area (Å²) in [5.74, 6) is 0.0253. The van der Waals surface area contributed by atoms with Gasteiger partial charge in [0.25, 0.3) is 5.91 Å². The van der Waals surface area contributed by atoms with Gasteiger partial charge in [0.05, 0.1) is 24.0 Å². The lowest BCUT2D eigenvalue weighted by Crippen LogP contribution is -2.49. The molecule has 1 aliphatic rings. The smallest absolute Gasteiger partial charge is 0.257 e. The van der Waals surface area contributed by atoms with Gasteiger partial charge in [-0.3, -0.25) is 9.89 Å². The van der Waals surface area contributed by atoms with Gasteiger partial charge in [-0.2, -0.15) is 5.10 Å². The van der Waals surface area contributed by atoms with E-state index >= 15 is 0 Å². The fraction of sp³-hybridized carbons (Fsp3) is 0.636. The molecular formula is C11H16BrN3O2. The molecule has 1 aromatic heterocycles. The summed E-state index contributed by atoms with van der Waals surface area (Å²) in [4.78, 5) is 14.1. The number of alkyl halides is 1. The molecule has 1 saturated heterocycles. The van der Waals surface area contributed by atoms with Crippen LogP contribution in [0.5, 0.6) is 0 Å². The number of amides is 1. The van der Waals surface area contributed by atoms with Gasteiger partial charge in [0.1, 0.15) is 0 Å². The van der Waals surface area contributed by atoms with Crippen LogP contribution in [-0.4, -0.2) is 51.6 Å². The van der Waals surface area contributed by atoms with Crippen molar-refractivity contribution >= 4 is 21.8 Å². The summed E-state index contributed by atoms with van der Waals surface area (Å²) >= 11 is 3.40. The first-order chi connectivity index (χ1) is 8.11. The average molecular weight is 302 g/mol. The number of nitrogens with one attached hydrogen (secondary N) is 1. The molecular weight excluding hydrogens is 286 g/mol. The van der Waals surface area contributed by atoms with Crippen molar-refractivity contribution in [3.63, 3.8) is 0 Å². The van der Waals surface area contributed by atoms with Crippen LogP contribution in [-0.2, 0) is 4.74 Å². The van der Waals surface area contributed by atoms with Crippen molar-refractivity contribution in [2.45, 2.75) is 26.1 Å². The number of hydrogen-bond donors (Lipinski definition) is 1. The average Bonchev–Trinajstić information content (AvgIpc) is 2.73. The fourth-order valence-electron chi connectivity index (χ4n) is 2.03. The van der Waals surface area contributed by atoms with Gasteiger partial charge in [0.2, 0.25) is 0 Å². The minimum absolute atomic E-state index is 0.0253. The zero-order valence-corrected chi connectivity index (χ0v) is 11.5. The minimum Gasteiger partial charge on any atom is -0.371 e. The zero-order chi connectivity index (χ0) is 12.4. The molecule has 6 heteroatoms. The van der Waals surface area contributed by atoms with Gasteiger partial charge in [0, 0.05) is 24.1 Å². The quantitative estimate of drug-likeness (QED) is 0.839. The predicted molar refractivity (Wildman–Crippen MR) is 67.4 cm³/mol. The molecule has 1 aromatic rings. The van der Waals surface area contributed by atoms with Gasteiger partial charge in [-0.1, -0.05) is 15.9 Å². The van der Waals surface area contributed by atoms with Gasteiger partial charge in [-0.05, 0) is 13.8 Å². The summed E-state index contributed by atoms with van der Waals surface area (Å²) in [6.07, 6.45) is 1.72. The monoisotopic (exact) mass is 301 g/mol. The summed E-state index contributed by atoms with van der Waals surface area (Å²) in [5.41, 5.74) is 1.46. The number of nitrogens with zero attached hydrogens (tertiary/aromatic N) is 2. The first kappa shape index (κ1) is 12.6. The first-order valence-corrected chi connectivity index (χ1v) is 6.74. The maximum absolute atomic E-state index is 12.3. The van der Waals surface area contributed by atoms with Crippen LogP contribution in [0.15, 0.2) is 6.20 Å². The van der Waals surface area contributed by atoms with Crippen molar-refractivity contribution in [1.29, 1.82) is 0 Å². The van der Waals surface area contributed by atoms with Crippen LogP contribution in [0.25, 0.3) is 0 Å². The number of hydrogen-bond acceptors (Lipinski definition) is 3. The highest BCUT2D eigenvalue weighted by atomic mass is 79.9. The number of aromatic nitrogens is 2. The lowest BCUT2D eigenvalue weighted by atomic mass is 10.2. The molecule has 94 valence electrons. The highest BCUT2D eigenvalue weighted by Crippen LogP contribution is 2.16. The minimum atomic E-state index is 0.0253. The van der Waals surface area contributed by atoms with Crippen LogP contribution in [0.2, 0.25) is 0 Å². The third-order valence-corrected chi connectivity index (χ3v) is 3.57. The van der Waals surface area contributed by atoms with Crippen molar-refractivity contribution in [2.75, 3.05) is 18.4 Å². The Hall–Kier alpha value is -0.880. The second-order valence-electron chi connectivity index (χ2n) is 4.34. The largest absolute Gasteiger partial charge is 0.371 e. The van der Waals surface area contributed by atoms with E-state index in [9.17, 15) is 4.79 Å². The summed E-state index contributed by atoms with van der Waals surface area (Å²) < 4.78 is 5.70. The molecule has 0 radical (unpaired) electrons. The lowest BCUT2D eigenvalue weighted by Gasteiger charge is -2.36. The number of morpholine rings is 1. The summed E-state index contributed by atoms with van der Waals surface area (Å²) in [6, 6.07) is 0. The molecule has 1 fully saturated rings. The van der Waals surface area contributed by atoms with Gasteiger partial charge < -0.3 is 9.64 Å². The van der Waals surface area contributed by atoms with E-state index in [1.807, 2.05) is 18.7 Å². The van der Waals surface area contributed by atoms with Crippen molar-refractivity contribution in [1.82, 2.24) is 15.1 Å². The number of aromatic amines is 1. The molecule has 2 heterocycles. The van der Waals surface area contributed by atoms with Crippen molar-refractivity contribution in [2.24, 2.45) is 0 Å². The Labute approximate surface area is 109 Å². The summed E-state index contributed by atoms with van der Waals surface area (Å²) in [7, 11) is 0. The number of halogens is 1. The fourth-order valence-corrected chi connectivity index (χ4v) is 2.39. The molecule has 1 N–H and O–H groups in total. The SMILES string of the molecule is Cc1[nH]ncc1C(=O)N1CC(C)OC(CBr)C1. The number of aryl methyl sites for hydroxylation is 1. The number of carbonyl (C=O) groups excluding carboxylic acids is 1. The van der Waals surface area contributed by atoms with Gasteiger partial charge >= 0.3 is 0 Å². The molecule has 2 atom stereocenters. The molecule has 0 saturated carbocycles. The third kappa shape index (κ3) is 2.69. The molecule has 17 heavy (non-hydrogen) atoms. The van der Waals surface area contributed by atoms with Crippen LogP contribution in [0.1, 0.15) is 23.0 Å². The van der Waals surface area contributed by atoms with Gasteiger partial charge in [-0.25, -0.2) is 0 Å². The third-order valence-electron chi connectivity index (χ3n) is 2.85. The number of ether oxygens (including phenoxy) is 1. The number of carbonyl (C=O) groups is 1. The van der Waals surface area contributed by atoms with E-state index in [0.29, 0.717) is 18.7 Å². The molecule has 1 aliphatic heterocycles. The predicted octanol–water partition coefficient (Wildman–Crippen LogP) is 1.34. The first-order valence-electron chi connectivity index (χ1n) is 5.62. The van der Waals surface area contributed by atoms with E-state index in [-0.39, 0.29) is 18.1 Å². The maximum atomic E-state index is 12.3. The van der Waals surface area contributed by atoms with Crippen molar-refractivity contribution < 1.29 is 9.53 Å². The van der Waals surface area contributed by atoms with Crippen LogP contribution in [0.4, 0.5) is 0 Å². The highest BCUT2D eigenvalue weighted by Gasteiger charge is 2.29. The Kier molecular flexibility index (Phi) is 3.83. The van der Waals surface area contributed by atoms with E-state index in [1.54, 1.807) is 6.20 Å². The van der Waals surface area contributed by atoms with Gasteiger partial charge in [0.15, 0.2) is 0 Å². The highest BCUT2D eigenvalue weighted by molar-refractivity contribution is 9.09. The second-order valence-corrected chi connectivity index (χ2v) is 4.99. The van der Waals surface area contributed by atoms with E-state index < -0.39 is 0 Å². The standard InChI is InChI=1S/C11H16BrN3O2/c1-7-5-15(6-9(3-12)17-7)11(16)10-4-13-14-8(10)2/h4,7,9H,3,5-6H2,1-2H3,(H,13,14). The van der Waals surface area contributed by atoms with E-state index in [0.717, 1.165) is 11.0 Å². The lowest BCUT2D eigenvalue weighted by molar-refractivity contribution is -0.0559. The molecule has 1 amide bonds. The van der Waals surface area contributed by atoms with Crippen LogP contribution >= 0.6 is 15.9 Å². The molecule has 5 nitrogen and oxygen atoms in total. The van der Waals surface area contributed by atoms with E-state index in [1.165, 1.54) is 0 Å². The zero-order valence-electron chi connectivity index (χ0n) is 9.94. The van der Waals surface area contributed by atoms with Crippen LogP contribution in [0.3, 0.4) is 0 Å². The normalized spacial score (nSPS) is 25.0. The van der Waals surface area contributed by atoms with E-state index in [4.69, 9.17) is 4.74 Å². The van der Waals surface area contributed by atoms with Crippen molar-refractivity contribution in [3.8, 4) is 0 Å². The Morgan fingerprint density at radius 3 is 3.06 bits per heavy atom. The maximum Gasteiger partial charge on any atom is 0.257 e. The molecule has 0 aromatic carbocycles. The van der Waals surface area contributed by atoms with Crippen LogP contribution < -0.4 is 0 Å². The van der Waals surface area contributed by atoms with Crippen LogP contribution in [0, 0.1) is 6.92 Å². The summed E-state index contributed by atoms with van der Waals surface area (Å²) in [6.45, 7) is 5.09. The van der Waals surface area contributed by atoms with E-state index in [2.05, 4.69) is 26.1 Å². The second kappa shape index (κ2) is 5.18. The molecule has 2 rings (SSSR count). The molecule has 0 aliphatic carbocycles. The Morgan fingerprint density at radius 2 is 2.47 bits per heavy atom. The molecule has 0 bridgehead atoms. The summed E-state index contributed by atoms with van der Waals surface area (Å²) in [5, 5.41) is 7.41. The molecule has 2 unspecified atom stereocenters.